The molecule has 0 saturated heterocycles. The highest BCUT2D eigenvalue weighted by molar-refractivity contribution is 7.21. The number of fused-ring (bicyclic) bond motifs is 1. The Balaban J connectivity index is 2.18. The summed E-state index contributed by atoms with van der Waals surface area (Å²) in [6.45, 7) is 0. The number of methoxy groups -OCH3 is 2. The highest BCUT2D eigenvalue weighted by Gasteiger charge is 2.14. The second kappa shape index (κ2) is 4.97. The molecule has 0 bridgehead atoms. The van der Waals surface area contributed by atoms with E-state index >= 15 is 0 Å². The van der Waals surface area contributed by atoms with Gasteiger partial charge < -0.3 is 15.2 Å². The van der Waals surface area contributed by atoms with Crippen LogP contribution in [-0.4, -0.2) is 24.2 Å². The van der Waals surface area contributed by atoms with Crippen molar-refractivity contribution in [1.29, 1.82) is 0 Å². The Labute approximate surface area is 120 Å². The molecule has 102 valence electrons. The van der Waals surface area contributed by atoms with Gasteiger partial charge in [0.2, 0.25) is 0 Å². The van der Waals surface area contributed by atoms with E-state index < -0.39 is 0 Å². The smallest absolute Gasteiger partial charge is 0.162 e. The predicted octanol–water partition coefficient (Wildman–Crippen LogP) is 2.96. The standard InChI is InChI=1S/C14H13N3O2S/c1-18-11-6-8(9(15)7-12(11)19-2)13-17-10-4-3-5-16-14(10)20-13/h3-7H,15H2,1-2H3. The molecular weight excluding hydrogens is 274 g/mol. The molecule has 0 spiro atoms. The van der Waals surface area contributed by atoms with Crippen molar-refractivity contribution in [3.63, 3.8) is 0 Å². The molecule has 0 amide bonds. The zero-order valence-electron chi connectivity index (χ0n) is 11.1. The molecule has 0 aliphatic heterocycles. The van der Waals surface area contributed by atoms with Crippen LogP contribution in [-0.2, 0) is 0 Å². The fraction of sp³-hybridized carbons (Fsp3) is 0.143. The highest BCUT2D eigenvalue weighted by atomic mass is 32.1. The lowest BCUT2D eigenvalue weighted by Crippen LogP contribution is -1.95. The molecule has 2 N–H and O–H groups in total. The largest absolute Gasteiger partial charge is 0.493 e. The summed E-state index contributed by atoms with van der Waals surface area (Å²) < 4.78 is 10.5. The molecule has 20 heavy (non-hydrogen) atoms. The molecule has 0 atom stereocenters. The van der Waals surface area contributed by atoms with Crippen LogP contribution >= 0.6 is 11.3 Å². The fourth-order valence-corrected chi connectivity index (χ4v) is 2.91. The SMILES string of the molecule is COc1cc(N)c(-c2nc3cccnc3s2)cc1OC. The number of benzene rings is 1. The molecule has 5 nitrogen and oxygen atoms in total. The molecule has 0 fully saturated rings. The van der Waals surface area contributed by atoms with Crippen molar-refractivity contribution < 1.29 is 9.47 Å². The van der Waals surface area contributed by atoms with Crippen LogP contribution in [0.2, 0.25) is 0 Å². The molecule has 0 unspecified atom stereocenters. The molecule has 2 aromatic heterocycles. The van der Waals surface area contributed by atoms with Crippen LogP contribution in [0.5, 0.6) is 11.5 Å². The summed E-state index contributed by atoms with van der Waals surface area (Å²) in [4.78, 5) is 9.73. The Hall–Kier alpha value is -2.34. The summed E-state index contributed by atoms with van der Waals surface area (Å²) >= 11 is 1.50. The van der Waals surface area contributed by atoms with Crippen LogP contribution in [0.15, 0.2) is 30.5 Å². The number of nitrogens with zero attached hydrogens (tertiary/aromatic N) is 2. The van der Waals surface area contributed by atoms with Crippen LogP contribution in [0.25, 0.3) is 20.9 Å². The van der Waals surface area contributed by atoms with E-state index in [-0.39, 0.29) is 0 Å². The molecule has 0 radical (unpaired) electrons. The maximum Gasteiger partial charge on any atom is 0.162 e. The van der Waals surface area contributed by atoms with Crippen LogP contribution in [0, 0.1) is 0 Å². The van der Waals surface area contributed by atoms with Gasteiger partial charge in [-0.15, -0.1) is 0 Å². The van der Waals surface area contributed by atoms with Crippen LogP contribution in [0.4, 0.5) is 5.69 Å². The molecule has 6 heteroatoms. The summed E-state index contributed by atoms with van der Waals surface area (Å²) in [6.07, 6.45) is 1.75. The summed E-state index contributed by atoms with van der Waals surface area (Å²) in [7, 11) is 3.18. The fourth-order valence-electron chi connectivity index (χ4n) is 1.96. The number of thiazole rings is 1. The quantitative estimate of drug-likeness (QED) is 0.750. The molecular formula is C14H13N3O2S. The summed E-state index contributed by atoms with van der Waals surface area (Å²) in [6, 6.07) is 7.38. The van der Waals surface area contributed by atoms with Gasteiger partial charge >= 0.3 is 0 Å². The minimum absolute atomic E-state index is 0.599. The van der Waals surface area contributed by atoms with E-state index in [1.54, 1.807) is 26.5 Å². The Bertz CT molecular complexity index is 737. The van der Waals surface area contributed by atoms with Gasteiger partial charge in [-0.2, -0.15) is 0 Å². The average Bonchev–Trinajstić information content (AvgIpc) is 2.90. The van der Waals surface area contributed by atoms with Crippen molar-refractivity contribution in [2.75, 3.05) is 20.0 Å². The first-order chi connectivity index (χ1) is 9.72. The maximum atomic E-state index is 6.09. The molecule has 3 rings (SSSR count). The summed E-state index contributed by atoms with van der Waals surface area (Å²) in [5.74, 6) is 1.23. The average molecular weight is 287 g/mol. The van der Waals surface area contributed by atoms with Gasteiger partial charge in [0.1, 0.15) is 15.4 Å². The van der Waals surface area contributed by atoms with Crippen LogP contribution in [0.3, 0.4) is 0 Å². The van der Waals surface area contributed by atoms with Gasteiger partial charge in [-0.1, -0.05) is 11.3 Å². The lowest BCUT2D eigenvalue weighted by Gasteiger charge is -2.10. The second-order valence-electron chi connectivity index (χ2n) is 4.14. The first kappa shape index (κ1) is 12.7. The summed E-state index contributed by atoms with van der Waals surface area (Å²) in [5, 5.41) is 0.817. The van der Waals surface area contributed by atoms with E-state index in [1.807, 2.05) is 18.2 Å². The third-order valence-electron chi connectivity index (χ3n) is 2.95. The number of nitrogen functional groups attached to an aromatic ring is 1. The van der Waals surface area contributed by atoms with Gasteiger partial charge in [-0.3, -0.25) is 0 Å². The maximum absolute atomic E-state index is 6.09. The Morgan fingerprint density at radius 2 is 1.90 bits per heavy atom. The van der Waals surface area contributed by atoms with Gasteiger partial charge in [0.25, 0.3) is 0 Å². The van der Waals surface area contributed by atoms with E-state index in [9.17, 15) is 0 Å². The molecule has 0 aliphatic rings. The summed E-state index contributed by atoms with van der Waals surface area (Å²) in [5.41, 5.74) is 8.37. The van der Waals surface area contributed by atoms with Crippen molar-refractivity contribution in [3.8, 4) is 22.1 Å². The second-order valence-corrected chi connectivity index (χ2v) is 5.12. The number of nitrogens with two attached hydrogens (primary N) is 1. The molecule has 3 aromatic rings. The number of hydrogen-bond donors (Lipinski definition) is 1. The van der Waals surface area contributed by atoms with Gasteiger partial charge in [0.05, 0.1) is 14.2 Å². The number of anilines is 1. The normalized spacial score (nSPS) is 10.7. The van der Waals surface area contributed by atoms with Gasteiger partial charge in [-0.25, -0.2) is 9.97 Å². The Kier molecular flexibility index (Phi) is 3.15. The Morgan fingerprint density at radius 3 is 2.60 bits per heavy atom. The van der Waals surface area contributed by atoms with E-state index in [0.29, 0.717) is 17.2 Å². The highest BCUT2D eigenvalue weighted by Crippen LogP contribution is 2.39. The van der Waals surface area contributed by atoms with E-state index in [1.165, 1.54) is 11.3 Å². The molecule has 0 aliphatic carbocycles. The molecule has 0 saturated carbocycles. The number of aromatic nitrogens is 2. The third-order valence-corrected chi connectivity index (χ3v) is 3.96. The number of hydrogen-bond acceptors (Lipinski definition) is 6. The van der Waals surface area contributed by atoms with Crippen molar-refractivity contribution in [1.82, 2.24) is 9.97 Å². The minimum atomic E-state index is 0.599. The first-order valence-corrected chi connectivity index (χ1v) is 6.78. The van der Waals surface area contributed by atoms with Crippen LogP contribution < -0.4 is 15.2 Å². The first-order valence-electron chi connectivity index (χ1n) is 5.96. The van der Waals surface area contributed by atoms with Crippen molar-refractivity contribution in [2.24, 2.45) is 0 Å². The Morgan fingerprint density at radius 1 is 1.15 bits per heavy atom. The van der Waals surface area contributed by atoms with Crippen molar-refractivity contribution in [3.05, 3.63) is 30.5 Å². The van der Waals surface area contributed by atoms with Crippen molar-refractivity contribution in [2.45, 2.75) is 0 Å². The van der Waals surface area contributed by atoms with Gasteiger partial charge in [-0.05, 0) is 18.2 Å². The van der Waals surface area contributed by atoms with Gasteiger partial charge in [0, 0.05) is 23.5 Å². The minimum Gasteiger partial charge on any atom is -0.493 e. The monoisotopic (exact) mass is 287 g/mol. The van der Waals surface area contributed by atoms with Crippen molar-refractivity contribution >= 4 is 27.4 Å². The third kappa shape index (κ3) is 2.04. The topological polar surface area (TPSA) is 70.3 Å². The zero-order valence-corrected chi connectivity index (χ0v) is 11.9. The van der Waals surface area contributed by atoms with Gasteiger partial charge in [0.15, 0.2) is 11.5 Å². The number of pyridine rings is 1. The predicted molar refractivity (Wildman–Crippen MR) is 80.4 cm³/mol. The molecule has 2 heterocycles. The zero-order chi connectivity index (χ0) is 14.1. The molecule has 1 aromatic carbocycles. The lowest BCUT2D eigenvalue weighted by atomic mass is 10.1. The lowest BCUT2D eigenvalue weighted by molar-refractivity contribution is 0.355. The van der Waals surface area contributed by atoms with E-state index in [0.717, 1.165) is 20.9 Å². The van der Waals surface area contributed by atoms with E-state index in [4.69, 9.17) is 15.2 Å². The van der Waals surface area contributed by atoms with E-state index in [2.05, 4.69) is 9.97 Å². The number of ether oxygens (including phenoxy) is 2. The van der Waals surface area contributed by atoms with Crippen LogP contribution in [0.1, 0.15) is 0 Å². The number of rotatable bonds is 3.